The minimum absolute atomic E-state index is 0.00285. The molecule has 2 amide bonds. The molecule has 1 unspecified atom stereocenters. The number of anilines is 1. The molecule has 1 fully saturated rings. The quantitative estimate of drug-likeness (QED) is 0.897. The van der Waals surface area contributed by atoms with Gasteiger partial charge in [0.2, 0.25) is 17.7 Å². The average Bonchev–Trinajstić information content (AvgIpc) is 3.06. The van der Waals surface area contributed by atoms with Crippen LogP contribution in [0, 0.1) is 11.7 Å². The van der Waals surface area contributed by atoms with Crippen molar-refractivity contribution >= 4 is 17.8 Å². The van der Waals surface area contributed by atoms with E-state index in [0.29, 0.717) is 5.56 Å². The van der Waals surface area contributed by atoms with Crippen molar-refractivity contribution in [1.29, 1.82) is 0 Å². The first-order chi connectivity index (χ1) is 10.0. The standard InChI is InChI=1S/C13H11FN4O3/c14-9-3-1-7(2-4-9)12-16-17-13(21-12)18-6-8(11(15)20)5-10(18)19/h1-4,8H,5-6H2,(H2,15,20). The summed E-state index contributed by atoms with van der Waals surface area (Å²) >= 11 is 0. The van der Waals surface area contributed by atoms with Crippen molar-refractivity contribution in [3.8, 4) is 11.5 Å². The fraction of sp³-hybridized carbons (Fsp3) is 0.231. The second kappa shape index (κ2) is 4.97. The van der Waals surface area contributed by atoms with Crippen LogP contribution in [0.5, 0.6) is 0 Å². The second-order valence-electron chi connectivity index (χ2n) is 4.70. The van der Waals surface area contributed by atoms with Crippen LogP contribution in [0.25, 0.3) is 11.5 Å². The van der Waals surface area contributed by atoms with E-state index in [1.807, 2.05) is 0 Å². The van der Waals surface area contributed by atoms with Crippen LogP contribution < -0.4 is 10.6 Å². The molecule has 0 bridgehead atoms. The molecule has 0 spiro atoms. The van der Waals surface area contributed by atoms with Gasteiger partial charge in [-0.05, 0) is 24.3 Å². The summed E-state index contributed by atoms with van der Waals surface area (Å²) in [5.74, 6) is -1.60. The smallest absolute Gasteiger partial charge is 0.325 e. The molecule has 1 aromatic carbocycles. The Balaban J connectivity index is 1.84. The van der Waals surface area contributed by atoms with Gasteiger partial charge in [0.05, 0.1) is 5.92 Å². The Morgan fingerprint density at radius 3 is 2.67 bits per heavy atom. The highest BCUT2D eigenvalue weighted by Gasteiger charge is 2.36. The Bertz CT molecular complexity index is 698. The van der Waals surface area contributed by atoms with Crippen molar-refractivity contribution in [2.75, 3.05) is 11.4 Å². The molecule has 1 aliphatic heterocycles. The number of halogens is 1. The van der Waals surface area contributed by atoms with E-state index in [0.717, 1.165) is 0 Å². The zero-order valence-corrected chi connectivity index (χ0v) is 10.8. The molecule has 2 heterocycles. The number of primary amides is 1. The Labute approximate surface area is 118 Å². The van der Waals surface area contributed by atoms with E-state index in [9.17, 15) is 14.0 Å². The van der Waals surface area contributed by atoms with Crippen LogP contribution >= 0.6 is 0 Å². The zero-order valence-electron chi connectivity index (χ0n) is 10.8. The first-order valence-corrected chi connectivity index (χ1v) is 6.23. The van der Waals surface area contributed by atoms with Gasteiger partial charge in [-0.25, -0.2) is 4.39 Å². The molecule has 108 valence electrons. The van der Waals surface area contributed by atoms with Gasteiger partial charge in [0, 0.05) is 18.5 Å². The third-order valence-electron chi connectivity index (χ3n) is 3.26. The summed E-state index contributed by atoms with van der Waals surface area (Å²) < 4.78 is 18.3. The number of hydrogen-bond donors (Lipinski definition) is 1. The number of carbonyl (C=O) groups excluding carboxylic acids is 2. The maximum absolute atomic E-state index is 12.9. The normalized spacial score (nSPS) is 18.2. The van der Waals surface area contributed by atoms with Crippen molar-refractivity contribution in [3.05, 3.63) is 30.1 Å². The Kier molecular flexibility index (Phi) is 3.13. The van der Waals surface area contributed by atoms with Crippen molar-refractivity contribution < 1.29 is 18.4 Å². The molecule has 7 nitrogen and oxygen atoms in total. The topological polar surface area (TPSA) is 102 Å². The minimum Gasteiger partial charge on any atom is -0.403 e. The third kappa shape index (κ3) is 2.47. The monoisotopic (exact) mass is 290 g/mol. The number of benzene rings is 1. The van der Waals surface area contributed by atoms with Crippen LogP contribution in [0.1, 0.15) is 6.42 Å². The number of nitrogens with zero attached hydrogens (tertiary/aromatic N) is 3. The molecule has 1 atom stereocenters. The van der Waals surface area contributed by atoms with Crippen LogP contribution in [0.3, 0.4) is 0 Å². The molecule has 3 rings (SSSR count). The van der Waals surface area contributed by atoms with Crippen molar-refractivity contribution in [1.82, 2.24) is 10.2 Å². The predicted octanol–water partition coefficient (Wildman–Crippen LogP) is 0.714. The molecule has 8 heteroatoms. The van der Waals surface area contributed by atoms with Crippen LogP contribution in [0.4, 0.5) is 10.4 Å². The SMILES string of the molecule is NC(=O)C1CC(=O)N(c2nnc(-c3ccc(F)cc3)o2)C1. The van der Waals surface area contributed by atoms with Crippen molar-refractivity contribution in [3.63, 3.8) is 0 Å². The average molecular weight is 290 g/mol. The van der Waals surface area contributed by atoms with Gasteiger partial charge in [-0.1, -0.05) is 5.10 Å². The van der Waals surface area contributed by atoms with Crippen LogP contribution in [0.2, 0.25) is 0 Å². The van der Waals surface area contributed by atoms with Crippen LogP contribution in [0.15, 0.2) is 28.7 Å². The largest absolute Gasteiger partial charge is 0.403 e. The van der Waals surface area contributed by atoms with Gasteiger partial charge in [0.1, 0.15) is 5.82 Å². The summed E-state index contributed by atoms with van der Waals surface area (Å²) in [5, 5.41) is 7.60. The maximum atomic E-state index is 12.9. The third-order valence-corrected chi connectivity index (χ3v) is 3.26. The lowest BCUT2D eigenvalue weighted by atomic mass is 10.1. The van der Waals surface area contributed by atoms with Gasteiger partial charge >= 0.3 is 6.01 Å². The number of hydrogen-bond acceptors (Lipinski definition) is 5. The lowest BCUT2D eigenvalue weighted by molar-refractivity contribution is -0.123. The van der Waals surface area contributed by atoms with Gasteiger partial charge in [-0.2, -0.15) is 0 Å². The number of nitrogens with two attached hydrogens (primary N) is 1. The van der Waals surface area contributed by atoms with E-state index < -0.39 is 11.8 Å². The van der Waals surface area contributed by atoms with E-state index >= 15 is 0 Å². The van der Waals surface area contributed by atoms with E-state index in [4.69, 9.17) is 10.2 Å². The lowest BCUT2D eigenvalue weighted by Gasteiger charge is -2.09. The van der Waals surface area contributed by atoms with E-state index in [2.05, 4.69) is 10.2 Å². The summed E-state index contributed by atoms with van der Waals surface area (Å²) in [6, 6.07) is 5.52. The first kappa shape index (κ1) is 13.2. The highest BCUT2D eigenvalue weighted by atomic mass is 19.1. The summed E-state index contributed by atoms with van der Waals surface area (Å²) in [4.78, 5) is 24.2. The van der Waals surface area contributed by atoms with Crippen LogP contribution in [-0.2, 0) is 9.59 Å². The molecule has 1 aromatic heterocycles. The molecular formula is C13H11FN4O3. The molecule has 2 N–H and O–H groups in total. The number of carbonyl (C=O) groups is 2. The fourth-order valence-corrected chi connectivity index (χ4v) is 2.12. The summed E-state index contributed by atoms with van der Waals surface area (Å²) in [7, 11) is 0. The minimum atomic E-state index is -0.557. The van der Waals surface area contributed by atoms with Gasteiger partial charge in [-0.3, -0.25) is 14.5 Å². The highest BCUT2D eigenvalue weighted by Crippen LogP contribution is 2.27. The molecule has 2 aromatic rings. The number of amides is 2. The number of aromatic nitrogens is 2. The lowest BCUT2D eigenvalue weighted by Crippen LogP contribution is -2.28. The molecule has 1 aliphatic rings. The first-order valence-electron chi connectivity index (χ1n) is 6.23. The second-order valence-corrected chi connectivity index (χ2v) is 4.70. The van der Waals surface area contributed by atoms with Crippen molar-refractivity contribution in [2.45, 2.75) is 6.42 Å². The molecular weight excluding hydrogens is 279 g/mol. The van der Waals surface area contributed by atoms with Crippen LogP contribution in [-0.4, -0.2) is 28.6 Å². The van der Waals surface area contributed by atoms with Gasteiger partial charge < -0.3 is 10.2 Å². The molecule has 21 heavy (non-hydrogen) atoms. The van der Waals surface area contributed by atoms with E-state index in [1.54, 1.807) is 0 Å². The van der Waals surface area contributed by atoms with Crippen molar-refractivity contribution in [2.24, 2.45) is 11.7 Å². The van der Waals surface area contributed by atoms with Gasteiger partial charge in [0.15, 0.2) is 0 Å². The maximum Gasteiger partial charge on any atom is 0.325 e. The zero-order chi connectivity index (χ0) is 15.0. The molecule has 0 aliphatic carbocycles. The van der Waals surface area contributed by atoms with E-state index in [-0.39, 0.29) is 36.6 Å². The number of rotatable bonds is 3. The predicted molar refractivity (Wildman–Crippen MR) is 69.3 cm³/mol. The Hall–Kier alpha value is -2.77. The van der Waals surface area contributed by atoms with Gasteiger partial charge in [0.25, 0.3) is 0 Å². The highest BCUT2D eigenvalue weighted by molar-refractivity contribution is 5.98. The Morgan fingerprint density at radius 1 is 1.33 bits per heavy atom. The van der Waals surface area contributed by atoms with E-state index in [1.165, 1.54) is 29.2 Å². The summed E-state index contributed by atoms with van der Waals surface area (Å²) in [6.07, 6.45) is 0.0313. The fourth-order valence-electron chi connectivity index (χ4n) is 2.12. The Morgan fingerprint density at radius 2 is 2.05 bits per heavy atom. The molecule has 0 radical (unpaired) electrons. The summed E-state index contributed by atoms with van der Waals surface area (Å²) in [5.41, 5.74) is 5.73. The van der Waals surface area contributed by atoms with Gasteiger partial charge in [-0.15, -0.1) is 5.10 Å². The molecule has 1 saturated heterocycles. The molecule has 0 saturated carbocycles. The summed E-state index contributed by atoms with van der Waals surface area (Å²) in [6.45, 7) is 0.124.